The van der Waals surface area contributed by atoms with E-state index in [2.05, 4.69) is 19.7 Å². The van der Waals surface area contributed by atoms with Gasteiger partial charge in [0.1, 0.15) is 11.6 Å². The van der Waals surface area contributed by atoms with Crippen molar-refractivity contribution in [3.63, 3.8) is 0 Å². The molecule has 0 bridgehead atoms. The van der Waals surface area contributed by atoms with E-state index in [-0.39, 0.29) is 0 Å². The zero-order valence-corrected chi connectivity index (χ0v) is 12.5. The highest BCUT2D eigenvalue weighted by molar-refractivity contribution is 5.66. The number of carboxylic acids is 1. The Morgan fingerprint density at radius 2 is 2.14 bits per heavy atom. The quantitative estimate of drug-likeness (QED) is 0.894. The maximum atomic E-state index is 10.7. The number of carboxylic acid groups (broad SMARTS) is 1. The second-order valence-electron chi connectivity index (χ2n) is 6.32. The molecule has 0 radical (unpaired) electrons. The molecule has 3 heterocycles. The predicted octanol–water partition coefficient (Wildman–Crippen LogP) is 1.69. The molecule has 0 saturated carbocycles. The van der Waals surface area contributed by atoms with E-state index < -0.39 is 5.97 Å². The Bertz CT molecular complexity index is 500. The molecule has 0 aliphatic carbocycles. The molecule has 0 spiro atoms. The van der Waals surface area contributed by atoms with Gasteiger partial charge >= 0.3 is 5.97 Å². The monoisotopic (exact) mass is 292 g/mol. The van der Waals surface area contributed by atoms with Gasteiger partial charge in [-0.3, -0.25) is 9.69 Å². The SMILES string of the molecule is O=C(O)CCC1CCCN(Cc2nnc3n2CCCC3)C1. The van der Waals surface area contributed by atoms with Gasteiger partial charge in [-0.15, -0.1) is 10.2 Å². The first-order valence-electron chi connectivity index (χ1n) is 8.07. The predicted molar refractivity (Wildman–Crippen MR) is 77.8 cm³/mol. The highest BCUT2D eigenvalue weighted by Crippen LogP contribution is 2.23. The molecule has 0 amide bonds. The molecule has 21 heavy (non-hydrogen) atoms. The number of aromatic nitrogens is 3. The second-order valence-corrected chi connectivity index (χ2v) is 6.32. The van der Waals surface area contributed by atoms with E-state index in [4.69, 9.17) is 5.11 Å². The van der Waals surface area contributed by atoms with Crippen molar-refractivity contribution >= 4 is 5.97 Å². The minimum atomic E-state index is -0.682. The van der Waals surface area contributed by atoms with Crippen LogP contribution < -0.4 is 0 Å². The van der Waals surface area contributed by atoms with Crippen molar-refractivity contribution in [2.45, 2.75) is 58.0 Å². The molecule has 1 atom stereocenters. The molecule has 1 N–H and O–H groups in total. The third-order valence-corrected chi connectivity index (χ3v) is 4.67. The number of piperidine rings is 1. The van der Waals surface area contributed by atoms with Crippen LogP contribution in [-0.4, -0.2) is 43.8 Å². The highest BCUT2D eigenvalue weighted by atomic mass is 16.4. The molecule has 0 aromatic carbocycles. The largest absolute Gasteiger partial charge is 0.481 e. The number of rotatable bonds is 5. The summed E-state index contributed by atoms with van der Waals surface area (Å²) in [5, 5.41) is 17.5. The van der Waals surface area contributed by atoms with Crippen molar-refractivity contribution in [2.24, 2.45) is 5.92 Å². The molecule has 6 heteroatoms. The van der Waals surface area contributed by atoms with Crippen LogP contribution in [0.2, 0.25) is 0 Å². The van der Waals surface area contributed by atoms with Crippen molar-refractivity contribution in [3.8, 4) is 0 Å². The van der Waals surface area contributed by atoms with Crippen LogP contribution in [0.5, 0.6) is 0 Å². The lowest BCUT2D eigenvalue weighted by Gasteiger charge is -2.32. The smallest absolute Gasteiger partial charge is 0.303 e. The van der Waals surface area contributed by atoms with Crippen LogP contribution in [-0.2, 0) is 24.3 Å². The molecule has 1 fully saturated rings. The highest BCUT2D eigenvalue weighted by Gasteiger charge is 2.23. The first-order valence-corrected chi connectivity index (χ1v) is 8.07. The van der Waals surface area contributed by atoms with Crippen molar-refractivity contribution in [3.05, 3.63) is 11.6 Å². The summed E-state index contributed by atoms with van der Waals surface area (Å²) in [5.41, 5.74) is 0. The lowest BCUT2D eigenvalue weighted by atomic mass is 9.93. The number of carbonyl (C=O) groups is 1. The molecular weight excluding hydrogens is 268 g/mol. The molecule has 1 aromatic rings. The van der Waals surface area contributed by atoms with Gasteiger partial charge in [-0.1, -0.05) is 0 Å². The van der Waals surface area contributed by atoms with Crippen LogP contribution in [0.3, 0.4) is 0 Å². The third-order valence-electron chi connectivity index (χ3n) is 4.67. The van der Waals surface area contributed by atoms with Crippen LogP contribution in [0.1, 0.15) is 50.2 Å². The number of hydrogen-bond acceptors (Lipinski definition) is 4. The Hall–Kier alpha value is -1.43. The van der Waals surface area contributed by atoms with E-state index in [1.807, 2.05) is 0 Å². The molecular formula is C15H24N4O2. The van der Waals surface area contributed by atoms with E-state index in [9.17, 15) is 4.79 Å². The summed E-state index contributed by atoms with van der Waals surface area (Å²) in [4.78, 5) is 13.1. The number of aliphatic carboxylic acids is 1. The molecule has 116 valence electrons. The number of likely N-dealkylation sites (tertiary alicyclic amines) is 1. The van der Waals surface area contributed by atoms with Gasteiger partial charge in [0.2, 0.25) is 0 Å². The second kappa shape index (κ2) is 6.56. The van der Waals surface area contributed by atoms with E-state index in [1.165, 1.54) is 12.8 Å². The topological polar surface area (TPSA) is 71.2 Å². The maximum absolute atomic E-state index is 10.7. The minimum Gasteiger partial charge on any atom is -0.481 e. The van der Waals surface area contributed by atoms with Gasteiger partial charge in [-0.2, -0.15) is 0 Å². The third kappa shape index (κ3) is 3.61. The van der Waals surface area contributed by atoms with Gasteiger partial charge in [0.25, 0.3) is 0 Å². The summed E-state index contributed by atoms with van der Waals surface area (Å²) in [5.74, 6) is 2.05. The summed E-state index contributed by atoms with van der Waals surface area (Å²) < 4.78 is 2.28. The fourth-order valence-electron chi connectivity index (χ4n) is 3.54. The lowest BCUT2D eigenvalue weighted by Crippen LogP contribution is -2.36. The van der Waals surface area contributed by atoms with Crippen LogP contribution in [0, 0.1) is 5.92 Å². The number of aryl methyl sites for hydroxylation is 1. The van der Waals surface area contributed by atoms with Crippen molar-refractivity contribution in [1.82, 2.24) is 19.7 Å². The van der Waals surface area contributed by atoms with Gasteiger partial charge in [-0.25, -0.2) is 0 Å². The van der Waals surface area contributed by atoms with Crippen molar-refractivity contribution < 1.29 is 9.90 Å². The van der Waals surface area contributed by atoms with E-state index in [0.717, 1.165) is 63.5 Å². The van der Waals surface area contributed by atoms with E-state index in [0.29, 0.717) is 12.3 Å². The van der Waals surface area contributed by atoms with Crippen molar-refractivity contribution in [2.75, 3.05) is 13.1 Å². The van der Waals surface area contributed by atoms with Gasteiger partial charge in [0, 0.05) is 25.9 Å². The molecule has 2 aliphatic heterocycles. The standard InChI is InChI=1S/C15H24N4O2/c20-15(21)7-6-12-4-3-8-18(10-12)11-14-17-16-13-5-1-2-9-19(13)14/h12H,1-11H2,(H,20,21). The molecule has 2 aliphatic rings. The van der Waals surface area contributed by atoms with Gasteiger partial charge < -0.3 is 9.67 Å². The first-order chi connectivity index (χ1) is 10.2. The summed E-state index contributed by atoms with van der Waals surface area (Å²) in [6.45, 7) is 3.99. The minimum absolute atomic E-state index is 0.291. The Morgan fingerprint density at radius 1 is 1.24 bits per heavy atom. The Morgan fingerprint density at radius 3 is 3.00 bits per heavy atom. The fraction of sp³-hybridized carbons (Fsp3) is 0.800. The van der Waals surface area contributed by atoms with Crippen molar-refractivity contribution in [1.29, 1.82) is 0 Å². The van der Waals surface area contributed by atoms with Crippen LogP contribution in [0.25, 0.3) is 0 Å². The fourth-order valence-corrected chi connectivity index (χ4v) is 3.54. The zero-order chi connectivity index (χ0) is 14.7. The number of nitrogens with zero attached hydrogens (tertiary/aromatic N) is 4. The zero-order valence-electron chi connectivity index (χ0n) is 12.5. The summed E-state index contributed by atoms with van der Waals surface area (Å²) in [6.07, 6.45) is 6.89. The van der Waals surface area contributed by atoms with Crippen LogP contribution in [0.4, 0.5) is 0 Å². The van der Waals surface area contributed by atoms with Crippen LogP contribution in [0.15, 0.2) is 0 Å². The lowest BCUT2D eigenvalue weighted by molar-refractivity contribution is -0.137. The molecule has 1 unspecified atom stereocenters. The molecule has 1 aromatic heterocycles. The average molecular weight is 292 g/mol. The van der Waals surface area contributed by atoms with E-state index >= 15 is 0 Å². The Labute approximate surface area is 125 Å². The normalized spacial score (nSPS) is 23.0. The van der Waals surface area contributed by atoms with E-state index in [1.54, 1.807) is 0 Å². The van der Waals surface area contributed by atoms with Crippen LogP contribution >= 0.6 is 0 Å². The van der Waals surface area contributed by atoms with Gasteiger partial charge in [0.15, 0.2) is 0 Å². The summed E-state index contributed by atoms with van der Waals surface area (Å²) in [6, 6.07) is 0. The molecule has 6 nitrogen and oxygen atoms in total. The first kappa shape index (κ1) is 14.5. The Kier molecular flexibility index (Phi) is 4.53. The number of fused-ring (bicyclic) bond motifs is 1. The molecule has 1 saturated heterocycles. The van der Waals surface area contributed by atoms with Gasteiger partial charge in [-0.05, 0) is 44.6 Å². The average Bonchev–Trinajstić information content (AvgIpc) is 2.89. The Balaban J connectivity index is 1.57. The molecule has 3 rings (SSSR count). The maximum Gasteiger partial charge on any atom is 0.303 e. The summed E-state index contributed by atoms with van der Waals surface area (Å²) in [7, 11) is 0. The number of hydrogen-bond donors (Lipinski definition) is 1. The summed E-state index contributed by atoms with van der Waals surface area (Å²) >= 11 is 0. The van der Waals surface area contributed by atoms with Gasteiger partial charge in [0.05, 0.1) is 6.54 Å².